The first-order valence-corrected chi connectivity index (χ1v) is 8.70. The van der Waals surface area contributed by atoms with Crippen molar-refractivity contribution in [2.45, 2.75) is 27.0 Å². The van der Waals surface area contributed by atoms with Crippen LogP contribution in [0.25, 0.3) is 0 Å². The second-order valence-corrected chi connectivity index (χ2v) is 6.81. The van der Waals surface area contributed by atoms with Crippen molar-refractivity contribution in [2.24, 2.45) is 5.92 Å². The van der Waals surface area contributed by atoms with Crippen molar-refractivity contribution < 1.29 is 9.47 Å². The molecular formula is C19H23Cl2NO2. The number of hydrogen-bond acceptors (Lipinski definition) is 3. The Morgan fingerprint density at radius 1 is 1.00 bits per heavy atom. The average Bonchev–Trinajstić information content (AvgIpc) is 2.55. The fraction of sp³-hybridized carbons (Fsp3) is 0.368. The Hall–Kier alpha value is -1.42. The van der Waals surface area contributed by atoms with E-state index in [0.717, 1.165) is 17.7 Å². The molecule has 0 radical (unpaired) electrons. The van der Waals surface area contributed by atoms with Gasteiger partial charge in [0.2, 0.25) is 0 Å². The van der Waals surface area contributed by atoms with Gasteiger partial charge in [0.25, 0.3) is 0 Å². The van der Waals surface area contributed by atoms with E-state index in [2.05, 4.69) is 19.2 Å². The quantitative estimate of drug-likeness (QED) is 0.684. The predicted octanol–water partition coefficient (Wildman–Crippen LogP) is 5.33. The number of methoxy groups -OCH3 is 1. The standard InChI is InChI=1S/C19H23Cl2NO2/c1-13(2)10-22-11-15-8-18(23-3)19(9-17(15)21)24-12-14-6-4-5-7-16(14)20/h4-9,13,22H,10-12H2,1-3H3. The minimum Gasteiger partial charge on any atom is -0.493 e. The Labute approximate surface area is 153 Å². The van der Waals surface area contributed by atoms with Gasteiger partial charge in [-0.25, -0.2) is 0 Å². The van der Waals surface area contributed by atoms with E-state index in [9.17, 15) is 0 Å². The van der Waals surface area contributed by atoms with Crippen LogP contribution in [0.15, 0.2) is 36.4 Å². The molecule has 3 nitrogen and oxygen atoms in total. The first-order chi connectivity index (χ1) is 11.5. The van der Waals surface area contributed by atoms with Gasteiger partial charge in [-0.2, -0.15) is 0 Å². The zero-order valence-corrected chi connectivity index (χ0v) is 15.7. The third-order valence-corrected chi connectivity index (χ3v) is 4.26. The van der Waals surface area contributed by atoms with Gasteiger partial charge in [-0.1, -0.05) is 55.2 Å². The van der Waals surface area contributed by atoms with Crippen LogP contribution in [-0.2, 0) is 13.2 Å². The van der Waals surface area contributed by atoms with Gasteiger partial charge in [0.1, 0.15) is 6.61 Å². The molecule has 0 aliphatic carbocycles. The van der Waals surface area contributed by atoms with Gasteiger partial charge in [0.05, 0.1) is 7.11 Å². The third-order valence-electron chi connectivity index (χ3n) is 3.54. The Morgan fingerprint density at radius 2 is 1.75 bits per heavy atom. The second kappa shape index (κ2) is 9.16. The summed E-state index contributed by atoms with van der Waals surface area (Å²) >= 11 is 12.5. The molecule has 2 aromatic carbocycles. The van der Waals surface area contributed by atoms with Crippen LogP contribution in [0.3, 0.4) is 0 Å². The molecule has 0 saturated carbocycles. The summed E-state index contributed by atoms with van der Waals surface area (Å²) in [5, 5.41) is 4.71. The highest BCUT2D eigenvalue weighted by Gasteiger charge is 2.11. The minimum atomic E-state index is 0.358. The Morgan fingerprint density at radius 3 is 2.42 bits per heavy atom. The molecule has 0 spiro atoms. The lowest BCUT2D eigenvalue weighted by Gasteiger charge is -2.15. The molecule has 130 valence electrons. The number of halogens is 2. The molecule has 5 heteroatoms. The van der Waals surface area contributed by atoms with Crippen LogP contribution in [0, 0.1) is 5.92 Å². The Bertz CT molecular complexity index is 674. The number of nitrogens with one attached hydrogen (secondary N) is 1. The maximum Gasteiger partial charge on any atom is 0.163 e. The number of ether oxygens (including phenoxy) is 2. The van der Waals surface area contributed by atoms with E-state index in [1.165, 1.54) is 0 Å². The highest BCUT2D eigenvalue weighted by Crippen LogP contribution is 2.34. The molecule has 0 fully saturated rings. The van der Waals surface area contributed by atoms with Gasteiger partial charge in [-0.3, -0.25) is 0 Å². The molecule has 0 aromatic heterocycles. The predicted molar refractivity (Wildman–Crippen MR) is 100 cm³/mol. The molecule has 0 heterocycles. The van der Waals surface area contributed by atoms with Gasteiger partial charge in [-0.15, -0.1) is 0 Å². The van der Waals surface area contributed by atoms with E-state index in [1.54, 1.807) is 13.2 Å². The maximum atomic E-state index is 6.39. The fourth-order valence-corrected chi connectivity index (χ4v) is 2.66. The molecule has 0 aliphatic heterocycles. The van der Waals surface area contributed by atoms with Crippen LogP contribution in [-0.4, -0.2) is 13.7 Å². The highest BCUT2D eigenvalue weighted by molar-refractivity contribution is 6.31. The van der Waals surface area contributed by atoms with Crippen molar-refractivity contribution in [3.8, 4) is 11.5 Å². The number of hydrogen-bond donors (Lipinski definition) is 1. The summed E-state index contributed by atoms with van der Waals surface area (Å²) in [7, 11) is 1.62. The van der Waals surface area contributed by atoms with Crippen molar-refractivity contribution in [3.63, 3.8) is 0 Å². The van der Waals surface area contributed by atoms with Crippen LogP contribution in [0.4, 0.5) is 0 Å². The molecular weight excluding hydrogens is 345 g/mol. The van der Waals surface area contributed by atoms with Crippen LogP contribution >= 0.6 is 23.2 Å². The van der Waals surface area contributed by atoms with Crippen molar-refractivity contribution >= 4 is 23.2 Å². The first kappa shape index (κ1) is 18.9. The van der Waals surface area contributed by atoms with Gasteiger partial charge in [0, 0.05) is 28.2 Å². The molecule has 24 heavy (non-hydrogen) atoms. The summed E-state index contributed by atoms with van der Waals surface area (Å²) in [5.74, 6) is 1.85. The normalized spacial score (nSPS) is 10.9. The fourth-order valence-electron chi connectivity index (χ4n) is 2.25. The lowest BCUT2D eigenvalue weighted by atomic mass is 10.1. The van der Waals surface area contributed by atoms with Crippen LogP contribution in [0.2, 0.25) is 10.0 Å². The van der Waals surface area contributed by atoms with Gasteiger partial charge >= 0.3 is 0 Å². The molecule has 2 rings (SSSR count). The van der Waals surface area contributed by atoms with Crippen LogP contribution in [0.1, 0.15) is 25.0 Å². The zero-order chi connectivity index (χ0) is 17.5. The molecule has 0 bridgehead atoms. The molecule has 0 saturated heterocycles. The summed E-state index contributed by atoms with van der Waals surface area (Å²) in [6.45, 7) is 6.32. The Kier molecular flexibility index (Phi) is 7.22. The Balaban J connectivity index is 2.10. The summed E-state index contributed by atoms with van der Waals surface area (Å²) in [5.41, 5.74) is 1.90. The van der Waals surface area contributed by atoms with Crippen molar-refractivity contribution in [2.75, 3.05) is 13.7 Å². The smallest absolute Gasteiger partial charge is 0.163 e. The molecule has 0 atom stereocenters. The van der Waals surface area contributed by atoms with Gasteiger partial charge < -0.3 is 14.8 Å². The summed E-state index contributed by atoms with van der Waals surface area (Å²) in [6.07, 6.45) is 0. The summed E-state index contributed by atoms with van der Waals surface area (Å²) < 4.78 is 11.3. The lowest BCUT2D eigenvalue weighted by molar-refractivity contribution is 0.284. The van der Waals surface area contributed by atoms with Crippen LogP contribution in [0.5, 0.6) is 11.5 Å². The van der Waals surface area contributed by atoms with Crippen molar-refractivity contribution in [1.29, 1.82) is 0 Å². The van der Waals surface area contributed by atoms with Crippen LogP contribution < -0.4 is 14.8 Å². The SMILES string of the molecule is COc1cc(CNCC(C)C)c(Cl)cc1OCc1ccccc1Cl. The van der Waals surface area contributed by atoms with E-state index in [0.29, 0.717) is 40.6 Å². The topological polar surface area (TPSA) is 30.5 Å². The second-order valence-electron chi connectivity index (χ2n) is 6.00. The summed E-state index contributed by atoms with van der Waals surface area (Å²) in [4.78, 5) is 0. The summed E-state index contributed by atoms with van der Waals surface area (Å²) in [6, 6.07) is 11.3. The minimum absolute atomic E-state index is 0.358. The van der Waals surface area contributed by atoms with E-state index >= 15 is 0 Å². The van der Waals surface area contributed by atoms with E-state index in [4.69, 9.17) is 32.7 Å². The lowest BCUT2D eigenvalue weighted by Crippen LogP contribution is -2.19. The van der Waals surface area contributed by atoms with Crippen molar-refractivity contribution in [1.82, 2.24) is 5.32 Å². The van der Waals surface area contributed by atoms with Gasteiger partial charge in [-0.05, 0) is 30.2 Å². The molecule has 0 amide bonds. The number of rotatable bonds is 8. The molecule has 2 aromatic rings. The van der Waals surface area contributed by atoms with Crippen molar-refractivity contribution in [3.05, 3.63) is 57.6 Å². The molecule has 0 unspecified atom stereocenters. The maximum absolute atomic E-state index is 6.39. The average molecular weight is 368 g/mol. The third kappa shape index (κ3) is 5.30. The number of benzene rings is 2. The van der Waals surface area contributed by atoms with E-state index in [1.807, 2.05) is 30.3 Å². The largest absolute Gasteiger partial charge is 0.493 e. The van der Waals surface area contributed by atoms with E-state index in [-0.39, 0.29) is 0 Å². The highest BCUT2D eigenvalue weighted by atomic mass is 35.5. The molecule has 0 aliphatic rings. The van der Waals surface area contributed by atoms with Gasteiger partial charge in [0.15, 0.2) is 11.5 Å². The monoisotopic (exact) mass is 367 g/mol. The zero-order valence-electron chi connectivity index (χ0n) is 14.2. The van der Waals surface area contributed by atoms with E-state index < -0.39 is 0 Å². The molecule has 1 N–H and O–H groups in total. The first-order valence-electron chi connectivity index (χ1n) is 7.94.